The van der Waals surface area contributed by atoms with E-state index in [1.807, 2.05) is 6.07 Å². The molecular weight excluding hydrogens is 284 g/mol. The number of hydrogen-bond donors (Lipinski definition) is 1. The molecule has 0 aliphatic heterocycles. The van der Waals surface area contributed by atoms with Crippen LogP contribution in [0.3, 0.4) is 0 Å². The molecule has 0 spiro atoms. The van der Waals surface area contributed by atoms with Crippen LogP contribution in [0.4, 0.5) is 5.69 Å². The van der Waals surface area contributed by atoms with Crippen LogP contribution in [0.15, 0.2) is 23.4 Å². The van der Waals surface area contributed by atoms with Gasteiger partial charge in [0.25, 0.3) is 0 Å². The van der Waals surface area contributed by atoms with Gasteiger partial charge in [-0.15, -0.1) is 0 Å². The average Bonchev–Trinajstić information content (AvgIpc) is 2.85. The van der Waals surface area contributed by atoms with Gasteiger partial charge in [0.2, 0.25) is 0 Å². The fourth-order valence-electron chi connectivity index (χ4n) is 4.51. The van der Waals surface area contributed by atoms with Crippen LogP contribution in [0, 0.1) is 16.7 Å². The largest absolute Gasteiger partial charge is 0.380 e. The molecule has 4 nitrogen and oxygen atoms in total. The van der Waals surface area contributed by atoms with Crippen LogP contribution in [0.1, 0.15) is 40.0 Å². The molecule has 5 heteroatoms. The molecule has 0 amide bonds. The summed E-state index contributed by atoms with van der Waals surface area (Å²) in [7, 11) is -3.23. The summed E-state index contributed by atoms with van der Waals surface area (Å²) in [6.45, 7) is 7.06. The number of hydrogen-bond acceptors (Lipinski definition) is 4. The van der Waals surface area contributed by atoms with Gasteiger partial charge in [0.15, 0.2) is 14.9 Å². The first-order chi connectivity index (χ1) is 9.63. The van der Waals surface area contributed by atoms with Crippen LogP contribution in [-0.4, -0.2) is 25.7 Å². The third-order valence-corrected chi connectivity index (χ3v) is 6.70. The molecule has 1 heterocycles. The monoisotopic (exact) mass is 308 g/mol. The SMILES string of the molecule is CC12CCC(C1)C(C)(C)C2Nc1ccc(S(C)(=O)=O)nc1. The molecule has 2 bridgehead atoms. The molecule has 21 heavy (non-hydrogen) atoms. The lowest BCUT2D eigenvalue weighted by Crippen LogP contribution is -2.45. The molecule has 2 saturated carbocycles. The molecule has 3 rings (SSSR count). The molecule has 0 aromatic carbocycles. The van der Waals surface area contributed by atoms with Crippen LogP contribution < -0.4 is 5.32 Å². The predicted molar refractivity (Wildman–Crippen MR) is 84.0 cm³/mol. The maximum Gasteiger partial charge on any atom is 0.192 e. The number of anilines is 1. The van der Waals surface area contributed by atoms with E-state index >= 15 is 0 Å². The summed E-state index contributed by atoms with van der Waals surface area (Å²) < 4.78 is 22.9. The van der Waals surface area contributed by atoms with E-state index in [1.165, 1.54) is 25.5 Å². The molecule has 2 fully saturated rings. The molecule has 0 saturated heterocycles. The zero-order valence-corrected chi connectivity index (χ0v) is 14.0. The van der Waals surface area contributed by atoms with Gasteiger partial charge in [0.1, 0.15) is 0 Å². The van der Waals surface area contributed by atoms with Crippen molar-refractivity contribution >= 4 is 15.5 Å². The summed E-state index contributed by atoms with van der Waals surface area (Å²) in [5.74, 6) is 0.781. The molecule has 1 N–H and O–H groups in total. The van der Waals surface area contributed by atoms with Crippen LogP contribution in [0.2, 0.25) is 0 Å². The second kappa shape index (κ2) is 4.45. The molecule has 3 atom stereocenters. The Morgan fingerprint density at radius 3 is 2.48 bits per heavy atom. The van der Waals surface area contributed by atoms with E-state index in [1.54, 1.807) is 12.3 Å². The Kier molecular flexibility index (Phi) is 3.14. The highest BCUT2D eigenvalue weighted by Gasteiger charge is 2.59. The minimum Gasteiger partial charge on any atom is -0.380 e. The van der Waals surface area contributed by atoms with Gasteiger partial charge in [-0.05, 0) is 48.1 Å². The second-order valence-corrected chi connectivity index (χ2v) is 9.61. The predicted octanol–water partition coefficient (Wildman–Crippen LogP) is 3.11. The van der Waals surface area contributed by atoms with Crippen molar-refractivity contribution in [3.63, 3.8) is 0 Å². The van der Waals surface area contributed by atoms with E-state index in [2.05, 4.69) is 31.1 Å². The minimum atomic E-state index is -3.23. The summed E-state index contributed by atoms with van der Waals surface area (Å²) in [4.78, 5) is 4.07. The average molecular weight is 308 g/mol. The summed E-state index contributed by atoms with van der Waals surface area (Å²) in [6.07, 6.45) is 6.71. The van der Waals surface area contributed by atoms with E-state index in [9.17, 15) is 8.42 Å². The summed E-state index contributed by atoms with van der Waals surface area (Å²) in [5.41, 5.74) is 1.51. The minimum absolute atomic E-state index is 0.131. The quantitative estimate of drug-likeness (QED) is 0.932. The number of fused-ring (bicyclic) bond motifs is 2. The number of aromatic nitrogens is 1. The van der Waals surface area contributed by atoms with E-state index < -0.39 is 9.84 Å². The van der Waals surface area contributed by atoms with Gasteiger partial charge >= 0.3 is 0 Å². The van der Waals surface area contributed by atoms with Gasteiger partial charge < -0.3 is 5.32 Å². The first kappa shape index (κ1) is 14.8. The van der Waals surface area contributed by atoms with Gasteiger partial charge in [-0.2, -0.15) is 0 Å². The number of rotatable bonds is 3. The highest BCUT2D eigenvalue weighted by Crippen LogP contribution is 2.63. The van der Waals surface area contributed by atoms with Crippen LogP contribution >= 0.6 is 0 Å². The third kappa shape index (κ3) is 2.35. The first-order valence-electron chi connectivity index (χ1n) is 7.56. The van der Waals surface area contributed by atoms with Gasteiger partial charge in [-0.1, -0.05) is 20.8 Å². The Balaban J connectivity index is 1.84. The molecule has 116 valence electrons. The van der Waals surface area contributed by atoms with Gasteiger partial charge in [0, 0.05) is 12.3 Å². The number of nitrogens with one attached hydrogen (secondary N) is 1. The lowest BCUT2D eigenvalue weighted by atomic mass is 9.68. The standard InChI is InChI=1S/C16H24N2O2S/c1-15(2)11-7-8-16(3,9-11)14(15)18-12-5-6-13(17-10-12)21(4,19)20/h5-6,10-11,14,18H,7-9H2,1-4H3. The smallest absolute Gasteiger partial charge is 0.192 e. The molecule has 0 radical (unpaired) electrons. The molecular formula is C16H24N2O2S. The molecule has 1 aromatic heterocycles. The van der Waals surface area contributed by atoms with E-state index in [4.69, 9.17) is 0 Å². The van der Waals surface area contributed by atoms with Crippen LogP contribution in [0.25, 0.3) is 0 Å². The summed E-state index contributed by atoms with van der Waals surface area (Å²) >= 11 is 0. The Hall–Kier alpha value is -1.10. The molecule has 2 aliphatic carbocycles. The van der Waals surface area contributed by atoms with Crippen LogP contribution in [0.5, 0.6) is 0 Å². The maximum absolute atomic E-state index is 11.5. The highest BCUT2D eigenvalue weighted by atomic mass is 32.2. The van der Waals surface area contributed by atoms with Gasteiger partial charge in [0.05, 0.1) is 11.9 Å². The second-order valence-electron chi connectivity index (χ2n) is 7.65. The zero-order valence-electron chi connectivity index (χ0n) is 13.2. The fourth-order valence-corrected chi connectivity index (χ4v) is 5.07. The number of pyridine rings is 1. The first-order valence-corrected chi connectivity index (χ1v) is 9.45. The van der Waals surface area contributed by atoms with E-state index in [-0.39, 0.29) is 10.4 Å². The van der Waals surface area contributed by atoms with Gasteiger partial charge in [-0.3, -0.25) is 0 Å². The van der Waals surface area contributed by atoms with Crippen molar-refractivity contribution in [2.45, 2.75) is 51.1 Å². The zero-order chi connectivity index (χ0) is 15.5. The number of nitrogens with zero attached hydrogens (tertiary/aromatic N) is 1. The molecule has 2 aliphatic rings. The lowest BCUT2D eigenvalue weighted by molar-refractivity contribution is 0.155. The fraction of sp³-hybridized carbons (Fsp3) is 0.688. The van der Waals surface area contributed by atoms with Gasteiger partial charge in [-0.25, -0.2) is 13.4 Å². The van der Waals surface area contributed by atoms with Crippen molar-refractivity contribution in [2.75, 3.05) is 11.6 Å². The van der Waals surface area contributed by atoms with Crippen molar-refractivity contribution in [1.29, 1.82) is 0 Å². The maximum atomic E-state index is 11.5. The van der Waals surface area contributed by atoms with E-state index in [0.29, 0.717) is 11.5 Å². The van der Waals surface area contributed by atoms with Crippen LogP contribution in [-0.2, 0) is 9.84 Å². The summed E-state index contributed by atoms with van der Waals surface area (Å²) in [6, 6.07) is 3.82. The highest BCUT2D eigenvalue weighted by molar-refractivity contribution is 7.90. The van der Waals surface area contributed by atoms with Crippen molar-refractivity contribution in [3.8, 4) is 0 Å². The van der Waals surface area contributed by atoms with Crippen molar-refractivity contribution in [3.05, 3.63) is 18.3 Å². The Labute approximate surface area is 127 Å². The van der Waals surface area contributed by atoms with E-state index in [0.717, 1.165) is 11.6 Å². The summed E-state index contributed by atoms with van der Waals surface area (Å²) in [5, 5.41) is 3.76. The third-order valence-electron chi connectivity index (χ3n) is 5.70. The van der Waals surface area contributed by atoms with Crippen molar-refractivity contribution in [2.24, 2.45) is 16.7 Å². The topological polar surface area (TPSA) is 59.1 Å². The Morgan fingerprint density at radius 1 is 1.29 bits per heavy atom. The molecule has 3 unspecified atom stereocenters. The lowest BCUT2D eigenvalue weighted by Gasteiger charge is -2.43. The normalized spacial score (nSPS) is 34.1. The van der Waals surface area contributed by atoms with Crippen molar-refractivity contribution < 1.29 is 8.42 Å². The Bertz CT molecular complexity index is 647. The molecule has 1 aromatic rings. The van der Waals surface area contributed by atoms with Crippen molar-refractivity contribution in [1.82, 2.24) is 4.98 Å². The number of sulfone groups is 1. The Morgan fingerprint density at radius 2 is 2.00 bits per heavy atom.